The van der Waals surface area contributed by atoms with Gasteiger partial charge in [-0.05, 0) is 17.3 Å². The van der Waals surface area contributed by atoms with Gasteiger partial charge in [0, 0.05) is 37.3 Å². The van der Waals surface area contributed by atoms with Crippen LogP contribution in [0.1, 0.15) is 0 Å². The Morgan fingerprint density at radius 1 is 1.18 bits per heavy atom. The smallest absolute Gasteiger partial charge is 0.269 e. The second kappa shape index (κ2) is 6.58. The predicted molar refractivity (Wildman–Crippen MR) is 77.2 cm³/mol. The highest BCUT2D eigenvalue weighted by Gasteiger charge is 2.12. The van der Waals surface area contributed by atoms with Crippen molar-refractivity contribution in [3.05, 3.63) is 34.4 Å². The van der Waals surface area contributed by atoms with Crippen molar-refractivity contribution in [1.82, 2.24) is 25.1 Å². The van der Waals surface area contributed by atoms with E-state index in [-0.39, 0.29) is 5.69 Å². The van der Waals surface area contributed by atoms with E-state index in [0.29, 0.717) is 17.9 Å². The lowest BCUT2D eigenvalue weighted by Crippen LogP contribution is -2.38. The molecule has 1 saturated heterocycles. The van der Waals surface area contributed by atoms with Crippen LogP contribution in [0.25, 0.3) is 11.4 Å². The molecule has 1 aliphatic rings. The molecule has 2 heterocycles. The normalized spacial score (nSPS) is 15.8. The first-order valence-corrected chi connectivity index (χ1v) is 7.05. The predicted octanol–water partition coefficient (Wildman–Crippen LogP) is 0.580. The molecule has 0 N–H and O–H groups in total. The number of aromatic nitrogens is 4. The third kappa shape index (κ3) is 3.43. The zero-order valence-electron chi connectivity index (χ0n) is 12.0. The van der Waals surface area contributed by atoms with Crippen LogP contribution < -0.4 is 0 Å². The maximum Gasteiger partial charge on any atom is 0.269 e. The molecule has 0 amide bonds. The number of nitrogens with zero attached hydrogens (tertiary/aromatic N) is 6. The number of morpholine rings is 1. The molecule has 116 valence electrons. The number of non-ortho nitro benzene ring substituents is 1. The number of rotatable bonds is 5. The minimum absolute atomic E-state index is 0.0449. The van der Waals surface area contributed by atoms with Crippen molar-refractivity contribution in [2.24, 2.45) is 0 Å². The lowest BCUT2D eigenvalue weighted by molar-refractivity contribution is -0.384. The molecule has 0 saturated carbocycles. The van der Waals surface area contributed by atoms with E-state index in [2.05, 4.69) is 20.3 Å². The molecule has 0 atom stereocenters. The summed E-state index contributed by atoms with van der Waals surface area (Å²) < 4.78 is 5.30. The Balaban J connectivity index is 1.61. The highest BCUT2D eigenvalue weighted by atomic mass is 16.6. The van der Waals surface area contributed by atoms with Gasteiger partial charge in [-0.25, -0.2) is 0 Å². The molecule has 0 bridgehead atoms. The topological polar surface area (TPSA) is 99.2 Å². The Labute approximate surface area is 126 Å². The molecule has 0 spiro atoms. The van der Waals surface area contributed by atoms with Crippen molar-refractivity contribution in [3.63, 3.8) is 0 Å². The maximum absolute atomic E-state index is 10.6. The van der Waals surface area contributed by atoms with Crippen molar-refractivity contribution in [1.29, 1.82) is 0 Å². The summed E-state index contributed by atoms with van der Waals surface area (Å²) in [5.74, 6) is 0.469. The van der Waals surface area contributed by atoms with Gasteiger partial charge in [0.15, 0.2) is 0 Å². The van der Waals surface area contributed by atoms with Crippen LogP contribution in [0.2, 0.25) is 0 Å². The van der Waals surface area contributed by atoms with Crippen molar-refractivity contribution in [2.75, 3.05) is 32.8 Å². The second-order valence-corrected chi connectivity index (χ2v) is 4.97. The average molecular weight is 304 g/mol. The van der Waals surface area contributed by atoms with Gasteiger partial charge in [0.05, 0.1) is 24.7 Å². The van der Waals surface area contributed by atoms with Gasteiger partial charge in [0.25, 0.3) is 5.69 Å². The van der Waals surface area contributed by atoms with Crippen LogP contribution in [0.3, 0.4) is 0 Å². The summed E-state index contributed by atoms with van der Waals surface area (Å²) in [5.41, 5.74) is 0.756. The Morgan fingerprint density at radius 3 is 2.59 bits per heavy atom. The largest absolute Gasteiger partial charge is 0.379 e. The van der Waals surface area contributed by atoms with Crippen molar-refractivity contribution in [3.8, 4) is 11.4 Å². The molecule has 1 aromatic heterocycles. The Kier molecular flexibility index (Phi) is 4.35. The molecule has 0 unspecified atom stereocenters. The first kappa shape index (κ1) is 14.5. The van der Waals surface area contributed by atoms with E-state index in [1.807, 2.05) is 0 Å². The summed E-state index contributed by atoms with van der Waals surface area (Å²) in [6.45, 7) is 4.87. The Hall–Kier alpha value is -2.39. The Bertz CT molecular complexity index is 635. The molecular weight excluding hydrogens is 288 g/mol. The van der Waals surface area contributed by atoms with Crippen LogP contribution in [0.5, 0.6) is 0 Å². The van der Waals surface area contributed by atoms with E-state index in [9.17, 15) is 10.1 Å². The summed E-state index contributed by atoms with van der Waals surface area (Å²) >= 11 is 0. The average Bonchev–Trinajstić information content (AvgIpc) is 3.03. The third-order valence-electron chi connectivity index (χ3n) is 3.51. The fraction of sp³-hybridized carbons (Fsp3) is 0.462. The molecule has 1 aromatic carbocycles. The first-order chi connectivity index (χ1) is 10.7. The van der Waals surface area contributed by atoms with Gasteiger partial charge >= 0.3 is 0 Å². The summed E-state index contributed by atoms with van der Waals surface area (Å²) in [5, 5.41) is 23.0. The van der Waals surface area contributed by atoms with E-state index >= 15 is 0 Å². The van der Waals surface area contributed by atoms with Gasteiger partial charge in [-0.3, -0.25) is 15.0 Å². The molecule has 2 aromatic rings. The lowest BCUT2D eigenvalue weighted by Gasteiger charge is -2.25. The fourth-order valence-electron chi connectivity index (χ4n) is 2.24. The zero-order valence-corrected chi connectivity index (χ0v) is 12.0. The number of hydrogen-bond donors (Lipinski definition) is 0. The van der Waals surface area contributed by atoms with Crippen LogP contribution in [0.4, 0.5) is 5.69 Å². The van der Waals surface area contributed by atoms with Crippen molar-refractivity contribution < 1.29 is 9.66 Å². The van der Waals surface area contributed by atoms with Crippen LogP contribution in [0.15, 0.2) is 24.3 Å². The lowest BCUT2D eigenvalue weighted by atomic mass is 10.2. The van der Waals surface area contributed by atoms with E-state index in [1.165, 1.54) is 12.1 Å². The van der Waals surface area contributed by atoms with Gasteiger partial charge < -0.3 is 4.74 Å². The van der Waals surface area contributed by atoms with Gasteiger partial charge in [-0.15, -0.1) is 10.2 Å². The summed E-state index contributed by atoms with van der Waals surface area (Å²) in [7, 11) is 0. The second-order valence-electron chi connectivity index (χ2n) is 4.97. The van der Waals surface area contributed by atoms with Gasteiger partial charge in [-0.1, -0.05) is 0 Å². The van der Waals surface area contributed by atoms with Crippen LogP contribution in [0, 0.1) is 10.1 Å². The quantitative estimate of drug-likeness (QED) is 0.588. The summed E-state index contributed by atoms with van der Waals surface area (Å²) in [6.07, 6.45) is 0. The van der Waals surface area contributed by atoms with Gasteiger partial charge in [0.2, 0.25) is 5.82 Å². The third-order valence-corrected chi connectivity index (χ3v) is 3.51. The van der Waals surface area contributed by atoms with Gasteiger partial charge in [0.1, 0.15) is 0 Å². The number of nitro benzene ring substituents is 1. The van der Waals surface area contributed by atoms with Gasteiger partial charge in [-0.2, -0.15) is 4.80 Å². The molecule has 9 nitrogen and oxygen atoms in total. The molecule has 1 aliphatic heterocycles. The standard InChI is InChI=1S/C13H16N6O3/c20-19(21)12-3-1-11(2-4-12)13-14-16-18(15-13)6-5-17-7-9-22-10-8-17/h1-4H,5-10H2. The van der Waals surface area contributed by atoms with Crippen LogP contribution in [-0.4, -0.2) is 62.9 Å². The fourth-order valence-corrected chi connectivity index (χ4v) is 2.24. The molecule has 22 heavy (non-hydrogen) atoms. The minimum Gasteiger partial charge on any atom is -0.379 e. The number of hydrogen-bond acceptors (Lipinski definition) is 7. The maximum atomic E-state index is 10.6. The SMILES string of the molecule is O=[N+]([O-])c1ccc(-c2nnn(CCN3CCOCC3)n2)cc1. The summed E-state index contributed by atoms with van der Waals surface area (Å²) in [6, 6.07) is 6.12. The van der Waals surface area contributed by atoms with E-state index < -0.39 is 4.92 Å². The summed E-state index contributed by atoms with van der Waals surface area (Å²) in [4.78, 5) is 14.0. The molecule has 0 aliphatic carbocycles. The van der Waals surface area contributed by atoms with Crippen LogP contribution in [-0.2, 0) is 11.3 Å². The number of nitro groups is 1. The minimum atomic E-state index is -0.434. The van der Waals surface area contributed by atoms with E-state index in [4.69, 9.17) is 4.74 Å². The van der Waals surface area contributed by atoms with Crippen molar-refractivity contribution >= 4 is 5.69 Å². The van der Waals surface area contributed by atoms with E-state index in [1.54, 1.807) is 16.9 Å². The molecule has 1 fully saturated rings. The molecular formula is C13H16N6O3. The van der Waals surface area contributed by atoms with Crippen LogP contribution >= 0.6 is 0 Å². The monoisotopic (exact) mass is 304 g/mol. The zero-order chi connectivity index (χ0) is 15.4. The highest BCUT2D eigenvalue weighted by Crippen LogP contribution is 2.18. The van der Waals surface area contributed by atoms with E-state index in [0.717, 1.165) is 32.8 Å². The molecule has 3 rings (SSSR count). The number of benzene rings is 1. The van der Waals surface area contributed by atoms with Crippen molar-refractivity contribution in [2.45, 2.75) is 6.54 Å². The molecule has 0 radical (unpaired) electrons. The Morgan fingerprint density at radius 2 is 1.91 bits per heavy atom. The number of ether oxygens (including phenoxy) is 1. The first-order valence-electron chi connectivity index (χ1n) is 7.05. The highest BCUT2D eigenvalue weighted by molar-refractivity contribution is 5.56. The molecule has 9 heteroatoms. The number of tetrazole rings is 1.